The third-order valence-corrected chi connectivity index (χ3v) is 6.12. The number of nitrogens with zero attached hydrogens (tertiary/aromatic N) is 1. The Bertz CT molecular complexity index is 1200. The van der Waals surface area contributed by atoms with Crippen molar-refractivity contribution >= 4 is 22.2 Å². The standard InChI is InChI=1S/C26H24N2/c1-17-18(2)28(3)24-15-14-22-26(25(17)24)21(19-10-6-4-7-11-19)16-23(27-22)20-12-8-5-9-13-20/h4-16,23,27H,1-3H3. The Kier molecular flexibility index (Phi) is 3.87. The maximum absolute atomic E-state index is 3.78. The molecule has 1 aliphatic rings. The fourth-order valence-corrected chi connectivity index (χ4v) is 4.42. The number of fused-ring (bicyclic) bond motifs is 3. The van der Waals surface area contributed by atoms with Gasteiger partial charge in [-0.25, -0.2) is 0 Å². The van der Waals surface area contributed by atoms with Gasteiger partial charge in [0.25, 0.3) is 0 Å². The second-order valence-corrected chi connectivity index (χ2v) is 7.63. The van der Waals surface area contributed by atoms with Crippen LogP contribution in [0.1, 0.15) is 34.0 Å². The van der Waals surface area contributed by atoms with Crippen LogP contribution in [0.5, 0.6) is 0 Å². The number of nitrogens with one attached hydrogen (secondary N) is 1. The van der Waals surface area contributed by atoms with Gasteiger partial charge in [-0.15, -0.1) is 0 Å². The molecule has 0 saturated heterocycles. The predicted molar refractivity (Wildman–Crippen MR) is 119 cm³/mol. The predicted octanol–water partition coefficient (Wildman–Crippen LogP) is 6.39. The highest BCUT2D eigenvalue weighted by Gasteiger charge is 2.25. The molecule has 0 bridgehead atoms. The molecule has 0 amide bonds. The van der Waals surface area contributed by atoms with Crippen LogP contribution in [0.2, 0.25) is 0 Å². The van der Waals surface area contributed by atoms with Gasteiger partial charge in [0.05, 0.1) is 6.04 Å². The van der Waals surface area contributed by atoms with Crippen LogP contribution in [0.3, 0.4) is 0 Å². The van der Waals surface area contributed by atoms with Crippen molar-refractivity contribution in [1.29, 1.82) is 0 Å². The molecule has 0 fully saturated rings. The minimum Gasteiger partial charge on any atom is -0.374 e. The van der Waals surface area contributed by atoms with E-state index in [4.69, 9.17) is 0 Å². The van der Waals surface area contributed by atoms with E-state index in [-0.39, 0.29) is 6.04 Å². The van der Waals surface area contributed by atoms with Crippen molar-refractivity contribution in [2.45, 2.75) is 19.9 Å². The van der Waals surface area contributed by atoms with E-state index in [0.29, 0.717) is 0 Å². The van der Waals surface area contributed by atoms with Crippen LogP contribution in [-0.2, 0) is 7.05 Å². The molecule has 1 aliphatic heterocycles. The lowest BCUT2D eigenvalue weighted by Crippen LogP contribution is -2.15. The SMILES string of the molecule is Cc1c(C)n(C)c2ccc3c(c12)C(c1ccccc1)=CC(c1ccccc1)N3. The third kappa shape index (κ3) is 2.49. The molecule has 138 valence electrons. The van der Waals surface area contributed by atoms with Gasteiger partial charge < -0.3 is 9.88 Å². The number of aryl methyl sites for hydroxylation is 2. The summed E-state index contributed by atoms with van der Waals surface area (Å²) in [6, 6.07) is 26.1. The molecule has 2 heterocycles. The fourth-order valence-electron chi connectivity index (χ4n) is 4.42. The van der Waals surface area contributed by atoms with E-state index in [1.54, 1.807) is 0 Å². The Balaban J connectivity index is 1.81. The van der Waals surface area contributed by atoms with Gasteiger partial charge in [-0.3, -0.25) is 0 Å². The van der Waals surface area contributed by atoms with Crippen molar-refractivity contribution in [3.8, 4) is 0 Å². The van der Waals surface area contributed by atoms with Crippen molar-refractivity contribution in [2.24, 2.45) is 7.05 Å². The summed E-state index contributed by atoms with van der Waals surface area (Å²) in [6.45, 7) is 4.44. The van der Waals surface area contributed by atoms with Crippen LogP contribution in [0.25, 0.3) is 16.5 Å². The molecule has 1 atom stereocenters. The highest BCUT2D eigenvalue weighted by atomic mass is 15.0. The van der Waals surface area contributed by atoms with Crippen molar-refractivity contribution in [3.05, 3.63) is 107 Å². The second kappa shape index (κ2) is 6.42. The molecular formula is C26H24N2. The molecule has 1 unspecified atom stereocenters. The first-order valence-electron chi connectivity index (χ1n) is 9.83. The summed E-state index contributed by atoms with van der Waals surface area (Å²) in [7, 11) is 2.16. The van der Waals surface area contributed by atoms with E-state index in [9.17, 15) is 0 Å². The molecule has 0 aliphatic carbocycles. The Morgan fingerprint density at radius 2 is 1.50 bits per heavy atom. The van der Waals surface area contributed by atoms with Gasteiger partial charge in [-0.1, -0.05) is 60.7 Å². The maximum Gasteiger partial charge on any atom is 0.0707 e. The zero-order chi connectivity index (χ0) is 19.3. The van der Waals surface area contributed by atoms with E-state index in [1.807, 2.05) is 0 Å². The summed E-state index contributed by atoms with van der Waals surface area (Å²) < 4.78 is 2.30. The highest BCUT2D eigenvalue weighted by molar-refractivity contribution is 6.05. The van der Waals surface area contributed by atoms with Gasteiger partial charge >= 0.3 is 0 Å². The Morgan fingerprint density at radius 3 is 2.21 bits per heavy atom. The number of anilines is 1. The molecule has 2 heteroatoms. The number of hydrogen-bond acceptors (Lipinski definition) is 1. The molecule has 5 rings (SSSR count). The second-order valence-electron chi connectivity index (χ2n) is 7.63. The first kappa shape index (κ1) is 16.9. The molecule has 28 heavy (non-hydrogen) atoms. The fraction of sp³-hybridized carbons (Fsp3) is 0.154. The largest absolute Gasteiger partial charge is 0.374 e. The van der Waals surface area contributed by atoms with Crippen molar-refractivity contribution in [3.63, 3.8) is 0 Å². The van der Waals surface area contributed by atoms with Crippen LogP contribution in [0.4, 0.5) is 5.69 Å². The first-order valence-corrected chi connectivity index (χ1v) is 9.83. The van der Waals surface area contributed by atoms with E-state index in [2.05, 4.69) is 110 Å². The number of rotatable bonds is 2. The molecule has 2 nitrogen and oxygen atoms in total. The maximum atomic E-state index is 3.78. The van der Waals surface area contributed by atoms with Gasteiger partial charge in [-0.2, -0.15) is 0 Å². The first-order chi connectivity index (χ1) is 13.6. The number of aromatic nitrogens is 1. The minimum atomic E-state index is 0.159. The third-order valence-electron chi connectivity index (χ3n) is 6.12. The van der Waals surface area contributed by atoms with Gasteiger partial charge in [0.2, 0.25) is 0 Å². The van der Waals surface area contributed by atoms with Crippen molar-refractivity contribution < 1.29 is 0 Å². The van der Waals surface area contributed by atoms with Gasteiger partial charge in [-0.05, 0) is 54.3 Å². The zero-order valence-corrected chi connectivity index (χ0v) is 16.5. The Labute approximate surface area is 166 Å². The molecule has 3 aromatic carbocycles. The van der Waals surface area contributed by atoms with Crippen LogP contribution in [-0.4, -0.2) is 4.57 Å². The van der Waals surface area contributed by atoms with Crippen molar-refractivity contribution in [1.82, 2.24) is 4.57 Å². The van der Waals surface area contributed by atoms with Crippen molar-refractivity contribution in [2.75, 3.05) is 5.32 Å². The van der Waals surface area contributed by atoms with E-state index in [0.717, 1.165) is 0 Å². The summed E-state index contributed by atoms with van der Waals surface area (Å²) in [4.78, 5) is 0. The lowest BCUT2D eigenvalue weighted by molar-refractivity contribution is 0.910. The summed E-state index contributed by atoms with van der Waals surface area (Å²) in [6.07, 6.45) is 2.38. The molecule has 0 spiro atoms. The van der Waals surface area contributed by atoms with Crippen LogP contribution >= 0.6 is 0 Å². The molecular weight excluding hydrogens is 340 g/mol. The molecule has 1 N–H and O–H groups in total. The average molecular weight is 364 g/mol. The van der Waals surface area contributed by atoms with E-state index >= 15 is 0 Å². The Hall–Kier alpha value is -3.26. The smallest absolute Gasteiger partial charge is 0.0707 e. The van der Waals surface area contributed by atoms with Gasteiger partial charge in [0.1, 0.15) is 0 Å². The van der Waals surface area contributed by atoms with Gasteiger partial charge in [0.15, 0.2) is 0 Å². The van der Waals surface area contributed by atoms with E-state index in [1.165, 1.54) is 50.1 Å². The molecule has 0 radical (unpaired) electrons. The zero-order valence-electron chi connectivity index (χ0n) is 16.5. The summed E-state index contributed by atoms with van der Waals surface area (Å²) in [5, 5.41) is 5.13. The number of hydrogen-bond donors (Lipinski definition) is 1. The molecule has 0 saturated carbocycles. The lowest BCUT2D eigenvalue weighted by Gasteiger charge is -2.28. The normalized spacial score (nSPS) is 15.8. The summed E-state index contributed by atoms with van der Waals surface area (Å²) in [5.74, 6) is 0. The minimum absolute atomic E-state index is 0.159. The summed E-state index contributed by atoms with van der Waals surface area (Å²) >= 11 is 0. The monoisotopic (exact) mass is 364 g/mol. The lowest BCUT2D eigenvalue weighted by atomic mass is 9.86. The summed E-state index contributed by atoms with van der Waals surface area (Å²) in [5.41, 5.74) is 10.3. The van der Waals surface area contributed by atoms with E-state index < -0.39 is 0 Å². The highest BCUT2D eigenvalue weighted by Crippen LogP contribution is 2.44. The Morgan fingerprint density at radius 1 is 0.821 bits per heavy atom. The number of benzene rings is 3. The quantitative estimate of drug-likeness (QED) is 0.436. The average Bonchev–Trinajstić information content (AvgIpc) is 2.98. The van der Waals surface area contributed by atoms with Crippen LogP contribution in [0.15, 0.2) is 78.9 Å². The molecule has 1 aromatic heterocycles. The van der Waals surface area contributed by atoms with Crippen LogP contribution in [0, 0.1) is 13.8 Å². The topological polar surface area (TPSA) is 17.0 Å². The van der Waals surface area contributed by atoms with Crippen LogP contribution < -0.4 is 5.32 Å². The van der Waals surface area contributed by atoms with Gasteiger partial charge in [0, 0.05) is 34.9 Å². The molecule has 4 aromatic rings.